The molecule has 0 saturated carbocycles. The minimum Gasteiger partial charge on any atom is -0.493 e. The average Bonchev–Trinajstić information content (AvgIpc) is 1.66. The lowest BCUT2D eigenvalue weighted by Crippen LogP contribution is -2.53. The van der Waals surface area contributed by atoms with E-state index in [2.05, 4.69) is 54.5 Å². The number of halogens is 22. The third-order valence-electron chi connectivity index (χ3n) is 27.5. The van der Waals surface area contributed by atoms with E-state index in [1.807, 2.05) is 12.1 Å². The van der Waals surface area contributed by atoms with Crippen molar-refractivity contribution in [3.05, 3.63) is 117 Å². The fourth-order valence-corrected chi connectivity index (χ4v) is 20.0. The summed E-state index contributed by atoms with van der Waals surface area (Å²) in [6, 6.07) is 14.4. The second-order valence-corrected chi connectivity index (χ2v) is 40.0. The molecule has 0 bridgehead atoms. The molecule has 4 aromatic carbocycles. The van der Waals surface area contributed by atoms with Gasteiger partial charge in [-0.3, -0.25) is 43.5 Å². The zero-order chi connectivity index (χ0) is 108. The van der Waals surface area contributed by atoms with Crippen LogP contribution < -0.4 is 25.4 Å². The van der Waals surface area contributed by atoms with Gasteiger partial charge >= 0.3 is 85.5 Å². The summed E-state index contributed by atoms with van der Waals surface area (Å²) < 4.78 is 321. The molecular weight excluding hydrogens is 2050 g/mol. The lowest BCUT2D eigenvalue weighted by Gasteiger charge is -2.45. The van der Waals surface area contributed by atoms with Crippen molar-refractivity contribution in [1.29, 1.82) is 0 Å². The van der Waals surface area contributed by atoms with Crippen molar-refractivity contribution in [2.24, 2.45) is 0 Å². The number of nitrogens with zero attached hydrogens (tertiary/aromatic N) is 8. The molecule has 0 aliphatic carbocycles. The predicted molar refractivity (Wildman–Crippen MR) is 493 cm³/mol. The largest absolute Gasteiger partial charge is 0.493 e. The van der Waals surface area contributed by atoms with Crippen molar-refractivity contribution in [3.8, 4) is 5.75 Å². The van der Waals surface area contributed by atoms with Crippen LogP contribution in [0.1, 0.15) is 209 Å². The Morgan fingerprint density at radius 3 is 1.05 bits per heavy atom. The Hall–Kier alpha value is -10.4. The highest BCUT2D eigenvalue weighted by Crippen LogP contribution is 2.48. The van der Waals surface area contributed by atoms with E-state index in [0.717, 1.165) is 140 Å². The maximum Gasteiger partial charge on any atom is 0.425 e. The van der Waals surface area contributed by atoms with Gasteiger partial charge in [-0.2, -0.15) is 92.2 Å². The van der Waals surface area contributed by atoms with Crippen molar-refractivity contribution >= 4 is 86.9 Å². The number of likely N-dealkylation sites (tertiary alicyclic amines) is 8. The van der Waals surface area contributed by atoms with E-state index in [0.29, 0.717) is 119 Å². The summed E-state index contributed by atoms with van der Waals surface area (Å²) in [6.07, 6.45) is -34.0. The standard InChI is InChI=1S/C25H33F6N3O6S.2C23H29F6N3O4.C22H29ClF3N3O4.CH4/c1-17(24(26,27)28)40-22(36)33-12-9-23(10-13-33)8-4-11-34(23)16-18-6-7-19(25(29,30)31)15-20(18)39-14-3-5-21(35)32-41(2,37)38;1-14(19(33)34)30-18-12-17(23(27,28)29)5-4-16(18)13-32-9-3-6-21(32)7-10-31(11-8-21)20(35)36-15(2)22(24,25)26;1-15(22(24,25)26)36-20(35)31-9-5-21(6-10-31)4-2-8-32(21)14-16-11-17(23(27,28)29)13-18(12-16)30-7-3-19(33)34;1-15(22(24,25)26)33-20(32)28-9-5-21(6-10-28)4-2-8-29(21)14-16-11-17(23)13-18(12-16)27-7-3-19(30)31;/h6-7,15,17H,3-5,8-14,16H2,1-2H3,(H,32,35);4-5,12,14-15,30H,3,6-11,13H2,1-2H3,(H,33,34);11-13,15,30H,2-10,14H2,1H3,(H,33,34);11-13,15,27H,2-10,14H2,1H3,(H,30,31);1H4/t;14-,15?;;;/m.0.../s1. The summed E-state index contributed by atoms with van der Waals surface area (Å²) in [5, 5.41) is 35.8. The number of carbonyl (C=O) groups is 8. The van der Waals surface area contributed by atoms with Crippen LogP contribution in [-0.2, 0) is 92.9 Å². The number of rotatable bonds is 29. The summed E-state index contributed by atoms with van der Waals surface area (Å²) in [5.74, 6) is -3.95. The summed E-state index contributed by atoms with van der Waals surface area (Å²) in [5.41, 5.74) is -0.555. The van der Waals surface area contributed by atoms with Crippen LogP contribution in [0.2, 0.25) is 5.02 Å². The molecule has 0 radical (unpaired) electrons. The minimum atomic E-state index is -4.67. The van der Waals surface area contributed by atoms with Gasteiger partial charge in [0.25, 0.3) is 0 Å². The van der Waals surface area contributed by atoms with Gasteiger partial charge in [-0.15, -0.1) is 0 Å². The number of amides is 5. The van der Waals surface area contributed by atoms with Gasteiger partial charge in [-0.25, -0.2) is 27.6 Å². The molecule has 828 valence electrons. The van der Waals surface area contributed by atoms with E-state index in [1.165, 1.54) is 38.7 Å². The Balaban J connectivity index is 0.000000239. The summed E-state index contributed by atoms with van der Waals surface area (Å²) in [6.45, 7) is 10.5. The van der Waals surface area contributed by atoms with Crippen LogP contribution in [-0.4, -0.2) is 293 Å². The van der Waals surface area contributed by atoms with Crippen molar-refractivity contribution in [2.45, 2.75) is 292 Å². The van der Waals surface area contributed by atoms with Gasteiger partial charge in [-0.05, 0) is 247 Å². The molecule has 0 aromatic heterocycles. The first-order valence-corrected chi connectivity index (χ1v) is 49.5. The van der Waals surface area contributed by atoms with Crippen molar-refractivity contribution in [1.82, 2.24) is 43.9 Å². The van der Waals surface area contributed by atoms with Gasteiger partial charge in [0.2, 0.25) is 15.9 Å². The number of carboxylic acid groups (broad SMARTS) is 3. The average molecular weight is 2180 g/mol. The zero-order valence-corrected chi connectivity index (χ0v) is 82.2. The smallest absolute Gasteiger partial charge is 0.425 e. The molecule has 4 aromatic rings. The van der Waals surface area contributed by atoms with Gasteiger partial charge in [0, 0.05) is 148 Å². The van der Waals surface area contributed by atoms with Gasteiger partial charge in [-0.1, -0.05) is 31.2 Å². The molecule has 53 heteroatoms. The van der Waals surface area contributed by atoms with Gasteiger partial charge in [0.1, 0.15) is 11.8 Å². The third-order valence-corrected chi connectivity index (χ3v) is 28.3. The number of carbonyl (C=O) groups excluding carboxylic acids is 5. The number of ether oxygens (including phenoxy) is 5. The Labute approximate surface area is 840 Å². The van der Waals surface area contributed by atoms with Crippen molar-refractivity contribution < 1.29 is 178 Å². The second-order valence-electron chi connectivity index (χ2n) is 37.8. The number of hydrogen-bond donors (Lipinski definition) is 7. The number of carboxylic acids is 3. The molecule has 8 saturated heterocycles. The van der Waals surface area contributed by atoms with E-state index in [1.54, 1.807) is 16.9 Å². The molecule has 8 aliphatic rings. The molecule has 8 heterocycles. The Morgan fingerprint density at radius 1 is 0.401 bits per heavy atom. The molecule has 147 heavy (non-hydrogen) atoms. The monoisotopic (exact) mass is 2170 g/mol. The number of piperidine rings is 4. The Morgan fingerprint density at radius 2 is 0.721 bits per heavy atom. The normalized spacial score (nSPS) is 19.3. The SMILES string of the molecule is C.CC(OC(=O)N1CCC2(CCCN2Cc2cc(Cl)cc(NCCC(=O)O)c2)CC1)C(F)(F)F.CC(OC(=O)N1CCC2(CCCN2Cc2cc(NCCC(=O)O)cc(C(F)(F)F)c2)CC1)C(F)(F)F.CC(OC(=O)N1CCC2(CCCN2Cc2ccc(C(F)(F)F)cc2N[C@@H](C)C(=O)O)CC1)C(F)(F)F.CC(OC(=O)N1CCC2(CCCN2Cc2ccc(C(F)(F)F)cc2OCCCC(=O)NS(C)(=O)=O)CC1)C(F)(F)F. The van der Waals surface area contributed by atoms with Crippen LogP contribution >= 0.6 is 11.6 Å². The Kier molecular flexibility index (Phi) is 41.9. The van der Waals surface area contributed by atoms with Gasteiger partial charge in [0.15, 0.2) is 24.4 Å². The van der Waals surface area contributed by atoms with Crippen LogP contribution in [0, 0.1) is 0 Å². The first-order chi connectivity index (χ1) is 67.7. The molecule has 30 nitrogen and oxygen atoms in total. The maximum atomic E-state index is 13.5. The van der Waals surface area contributed by atoms with Crippen LogP contribution in [0.25, 0.3) is 0 Å². The number of aliphatic carboxylic acids is 3. The summed E-state index contributed by atoms with van der Waals surface area (Å²) in [7, 11) is -3.73. The van der Waals surface area contributed by atoms with Gasteiger partial charge < -0.3 is 74.6 Å². The maximum absolute atomic E-state index is 13.5. The van der Waals surface area contributed by atoms with Gasteiger partial charge in [0.05, 0.1) is 42.4 Å². The van der Waals surface area contributed by atoms with E-state index in [4.69, 9.17) is 26.6 Å². The minimum absolute atomic E-state index is 0. The number of sulfonamides is 1. The van der Waals surface area contributed by atoms with E-state index in [9.17, 15) is 144 Å². The molecule has 8 aliphatic heterocycles. The quantitative estimate of drug-likeness (QED) is 0.0151. The molecule has 5 atom stereocenters. The molecule has 5 amide bonds. The third kappa shape index (κ3) is 35.4. The summed E-state index contributed by atoms with van der Waals surface area (Å²) in [4.78, 5) is 107. The second kappa shape index (κ2) is 50.5. The molecule has 12 rings (SSSR count). The molecule has 4 unspecified atom stereocenters. The zero-order valence-electron chi connectivity index (χ0n) is 80.7. The molecular formula is C94H124ClF21N12O18S. The van der Waals surface area contributed by atoms with Crippen LogP contribution in [0.5, 0.6) is 5.75 Å². The number of nitrogens with one attached hydrogen (secondary N) is 4. The Bertz CT molecular complexity index is 5220. The highest BCUT2D eigenvalue weighted by molar-refractivity contribution is 7.89. The van der Waals surface area contributed by atoms with E-state index >= 15 is 0 Å². The predicted octanol–water partition coefficient (Wildman–Crippen LogP) is 20.1. The van der Waals surface area contributed by atoms with Crippen LogP contribution in [0.4, 0.5) is 128 Å². The highest BCUT2D eigenvalue weighted by atomic mass is 35.5. The lowest BCUT2D eigenvalue weighted by molar-refractivity contribution is -0.200. The number of alkyl halides is 21. The molecule has 8 fully saturated rings. The fourth-order valence-electron chi connectivity index (χ4n) is 19.2. The number of anilines is 3. The first kappa shape index (κ1) is 122. The molecule has 7 N–H and O–H groups in total. The number of benzene rings is 4. The van der Waals surface area contributed by atoms with E-state index in [-0.39, 0.29) is 139 Å². The van der Waals surface area contributed by atoms with E-state index < -0.39 is 154 Å². The van der Waals surface area contributed by atoms with Crippen LogP contribution in [0.15, 0.2) is 72.8 Å². The van der Waals surface area contributed by atoms with Crippen LogP contribution in [0.3, 0.4) is 0 Å². The first-order valence-electron chi connectivity index (χ1n) is 47.2. The highest BCUT2D eigenvalue weighted by Gasteiger charge is 2.53. The number of hydrogen-bond acceptors (Lipinski definition) is 22. The van der Waals surface area contributed by atoms with Crippen molar-refractivity contribution in [3.63, 3.8) is 0 Å². The summed E-state index contributed by atoms with van der Waals surface area (Å²) >= 11 is 6.27. The fraction of sp³-hybridized carbons (Fsp3) is 0.660. The van der Waals surface area contributed by atoms with Crippen molar-refractivity contribution in [2.75, 3.05) is 120 Å². The topological polar surface area (TPSA) is 352 Å². The molecule has 4 spiro atoms. The lowest BCUT2D eigenvalue weighted by atomic mass is 9.84.